The van der Waals surface area contributed by atoms with Crippen molar-refractivity contribution in [3.05, 3.63) is 39.9 Å². The van der Waals surface area contributed by atoms with Crippen LogP contribution in [0.2, 0.25) is 0 Å². The first-order valence-electron chi connectivity index (χ1n) is 4.66. The topological polar surface area (TPSA) is 80.5 Å². The van der Waals surface area contributed by atoms with Gasteiger partial charge in [0.05, 0.1) is 16.2 Å². The highest BCUT2D eigenvalue weighted by molar-refractivity contribution is 6.50. The number of para-hydroxylation sites is 1. The average Bonchev–Trinajstić information content (AvgIpc) is 2.33. The van der Waals surface area contributed by atoms with Crippen LogP contribution in [0.1, 0.15) is 10.4 Å². The molecule has 0 spiro atoms. The first-order valence-corrected chi connectivity index (χ1v) is 5.04. The molecule has 0 N–H and O–H groups in total. The summed E-state index contributed by atoms with van der Waals surface area (Å²) in [6, 6.07) is 6.11. The van der Waals surface area contributed by atoms with E-state index in [1.54, 1.807) is 12.1 Å². The maximum atomic E-state index is 11.9. The number of hydrogen-bond donors (Lipinski definition) is 0. The zero-order valence-electron chi connectivity index (χ0n) is 8.71. The molecule has 7 heteroatoms. The lowest BCUT2D eigenvalue weighted by atomic mass is 9.96. The smallest absolute Gasteiger partial charge is 0.307 e. The molecule has 0 aromatic heterocycles. The fourth-order valence-electron chi connectivity index (χ4n) is 1.73. The Kier molecular flexibility index (Phi) is 2.39. The van der Waals surface area contributed by atoms with Gasteiger partial charge in [0.2, 0.25) is 0 Å². The highest BCUT2D eigenvalue weighted by atomic mass is 35.5. The third kappa shape index (κ3) is 1.34. The molecule has 0 saturated carbocycles. The van der Waals surface area contributed by atoms with Crippen LogP contribution in [0.25, 0.3) is 0 Å². The van der Waals surface area contributed by atoms with Gasteiger partial charge < -0.3 is 4.90 Å². The standard InChI is InChI=1S/C10H7ClN2O4/c1-12-7-5-3-2-4-6(7)8(14)10(11,9(12)15)13(16)17/h2-5H,1H3. The second-order valence-electron chi connectivity index (χ2n) is 3.59. The van der Waals surface area contributed by atoms with Gasteiger partial charge in [0.1, 0.15) is 0 Å². The minimum Gasteiger partial charge on any atom is -0.307 e. The average molecular weight is 255 g/mol. The first-order chi connectivity index (χ1) is 7.90. The lowest BCUT2D eigenvalue weighted by molar-refractivity contribution is -0.508. The molecular weight excluding hydrogens is 248 g/mol. The molecule has 1 aliphatic heterocycles. The molecule has 17 heavy (non-hydrogen) atoms. The summed E-state index contributed by atoms with van der Waals surface area (Å²) < 4.78 is 0. The van der Waals surface area contributed by atoms with Gasteiger partial charge in [-0.05, 0) is 23.7 Å². The molecule has 0 saturated heterocycles. The van der Waals surface area contributed by atoms with Crippen LogP contribution in [0.15, 0.2) is 24.3 Å². The number of benzene rings is 1. The molecule has 1 aromatic rings. The Labute approximate surface area is 101 Å². The van der Waals surface area contributed by atoms with Crippen molar-refractivity contribution in [1.82, 2.24) is 0 Å². The number of amides is 1. The van der Waals surface area contributed by atoms with Gasteiger partial charge in [0.25, 0.3) is 5.78 Å². The predicted molar refractivity (Wildman–Crippen MR) is 59.8 cm³/mol. The van der Waals surface area contributed by atoms with E-state index in [4.69, 9.17) is 11.6 Å². The number of ketones is 1. The minimum absolute atomic E-state index is 0.0706. The Morgan fingerprint density at radius 3 is 2.53 bits per heavy atom. The number of hydrogen-bond acceptors (Lipinski definition) is 4. The Balaban J connectivity index is 2.71. The maximum Gasteiger partial charge on any atom is 0.434 e. The van der Waals surface area contributed by atoms with Crippen LogP contribution in [0, 0.1) is 10.1 Å². The van der Waals surface area contributed by atoms with Crippen LogP contribution in [0.5, 0.6) is 0 Å². The fraction of sp³-hybridized carbons (Fsp3) is 0.200. The lowest BCUT2D eigenvalue weighted by Gasteiger charge is -2.29. The normalized spacial score (nSPS) is 23.5. The Bertz CT molecular complexity index is 545. The third-order valence-electron chi connectivity index (χ3n) is 2.65. The largest absolute Gasteiger partial charge is 0.434 e. The van der Waals surface area contributed by atoms with Crippen molar-refractivity contribution in [2.24, 2.45) is 0 Å². The molecular formula is C10H7ClN2O4. The van der Waals surface area contributed by atoms with E-state index in [1.165, 1.54) is 19.2 Å². The van der Waals surface area contributed by atoms with E-state index in [0.717, 1.165) is 4.90 Å². The van der Waals surface area contributed by atoms with Crippen LogP contribution in [0.3, 0.4) is 0 Å². The van der Waals surface area contributed by atoms with Crippen LogP contribution < -0.4 is 4.90 Å². The molecule has 0 aliphatic carbocycles. The minimum atomic E-state index is -2.75. The van der Waals surface area contributed by atoms with Crippen molar-refractivity contribution >= 4 is 29.0 Å². The Morgan fingerprint density at radius 1 is 1.35 bits per heavy atom. The van der Waals surface area contributed by atoms with Gasteiger partial charge in [0, 0.05) is 7.05 Å². The van der Waals surface area contributed by atoms with Crippen molar-refractivity contribution in [2.45, 2.75) is 5.00 Å². The fourth-order valence-corrected chi connectivity index (χ4v) is 1.95. The molecule has 1 unspecified atom stereocenters. The second kappa shape index (κ2) is 3.53. The molecule has 0 fully saturated rings. The molecule has 0 bridgehead atoms. The van der Waals surface area contributed by atoms with Gasteiger partial charge in [-0.25, -0.2) is 0 Å². The van der Waals surface area contributed by atoms with Gasteiger partial charge in [-0.3, -0.25) is 19.7 Å². The number of fused-ring (bicyclic) bond motifs is 1. The highest BCUT2D eigenvalue weighted by Gasteiger charge is 2.62. The summed E-state index contributed by atoms with van der Waals surface area (Å²) in [4.78, 5) is 31.8. The second-order valence-corrected chi connectivity index (χ2v) is 4.14. The predicted octanol–water partition coefficient (Wildman–Crippen LogP) is 1.06. The molecule has 1 aliphatic rings. The number of likely N-dealkylation sites (N-methyl/N-ethyl adjacent to an activating group) is 1. The quantitative estimate of drug-likeness (QED) is 0.247. The molecule has 88 valence electrons. The van der Waals surface area contributed by atoms with Crippen molar-refractivity contribution in [2.75, 3.05) is 11.9 Å². The van der Waals surface area contributed by atoms with E-state index in [2.05, 4.69) is 0 Å². The van der Waals surface area contributed by atoms with Crippen LogP contribution in [-0.4, -0.2) is 28.7 Å². The summed E-state index contributed by atoms with van der Waals surface area (Å²) in [6.45, 7) is 0. The lowest BCUT2D eigenvalue weighted by Crippen LogP contribution is -2.58. The molecule has 2 rings (SSSR count). The number of carbonyl (C=O) groups is 2. The summed E-state index contributed by atoms with van der Waals surface area (Å²) in [5, 5.41) is 10.9. The van der Waals surface area contributed by atoms with E-state index in [1.807, 2.05) is 0 Å². The number of anilines is 1. The molecule has 6 nitrogen and oxygen atoms in total. The molecule has 1 atom stereocenters. The van der Waals surface area contributed by atoms with Crippen LogP contribution in [-0.2, 0) is 4.79 Å². The number of alkyl halides is 1. The Hall–Kier alpha value is -1.95. The number of carbonyl (C=O) groups excluding carboxylic acids is 2. The maximum absolute atomic E-state index is 11.9. The molecule has 1 aromatic carbocycles. The number of rotatable bonds is 1. The van der Waals surface area contributed by atoms with E-state index >= 15 is 0 Å². The van der Waals surface area contributed by atoms with Crippen molar-refractivity contribution in [3.8, 4) is 0 Å². The van der Waals surface area contributed by atoms with E-state index < -0.39 is 21.6 Å². The zero-order valence-corrected chi connectivity index (χ0v) is 9.47. The number of nitro groups is 1. The van der Waals surface area contributed by atoms with E-state index in [-0.39, 0.29) is 5.56 Å². The SMILES string of the molecule is CN1C(=O)C(Cl)([N+](=O)[O-])C(=O)c2ccccc21. The van der Waals surface area contributed by atoms with Gasteiger partial charge in [0.15, 0.2) is 0 Å². The van der Waals surface area contributed by atoms with Gasteiger partial charge >= 0.3 is 10.9 Å². The van der Waals surface area contributed by atoms with Crippen molar-refractivity contribution in [1.29, 1.82) is 0 Å². The number of nitrogens with zero attached hydrogens (tertiary/aromatic N) is 2. The number of Topliss-reactive ketones (excluding diaryl/α,β-unsaturated/α-hetero) is 1. The van der Waals surface area contributed by atoms with E-state index in [9.17, 15) is 19.7 Å². The first kappa shape index (κ1) is 11.5. The molecule has 1 heterocycles. The summed E-state index contributed by atoms with van der Waals surface area (Å²) in [7, 11) is 1.34. The van der Waals surface area contributed by atoms with Crippen LogP contribution >= 0.6 is 11.6 Å². The summed E-state index contributed by atoms with van der Waals surface area (Å²) in [6.07, 6.45) is 0. The zero-order chi connectivity index (χ0) is 12.8. The number of halogens is 1. The van der Waals surface area contributed by atoms with E-state index in [0.29, 0.717) is 5.69 Å². The molecule has 1 amide bonds. The Morgan fingerprint density at radius 2 is 1.94 bits per heavy atom. The van der Waals surface area contributed by atoms with Crippen LogP contribution in [0.4, 0.5) is 5.69 Å². The van der Waals surface area contributed by atoms with Crippen molar-refractivity contribution in [3.63, 3.8) is 0 Å². The third-order valence-corrected chi connectivity index (χ3v) is 3.12. The summed E-state index contributed by atoms with van der Waals surface area (Å²) >= 11 is 5.59. The van der Waals surface area contributed by atoms with Crippen molar-refractivity contribution < 1.29 is 14.5 Å². The van der Waals surface area contributed by atoms with Gasteiger partial charge in [-0.1, -0.05) is 12.1 Å². The monoisotopic (exact) mass is 254 g/mol. The van der Waals surface area contributed by atoms with Gasteiger partial charge in [-0.15, -0.1) is 0 Å². The highest BCUT2D eigenvalue weighted by Crippen LogP contribution is 2.35. The van der Waals surface area contributed by atoms with Gasteiger partial charge in [-0.2, -0.15) is 0 Å². The summed E-state index contributed by atoms with van der Waals surface area (Å²) in [5.41, 5.74) is 0.391. The summed E-state index contributed by atoms with van der Waals surface area (Å²) in [5.74, 6) is -2.05. The molecule has 0 radical (unpaired) electrons.